The molecule has 1 aliphatic rings. The van der Waals surface area contributed by atoms with Crippen LogP contribution >= 0.6 is 37.2 Å². The van der Waals surface area contributed by atoms with Crippen LogP contribution < -0.4 is 5.19 Å². The first kappa shape index (κ1) is 23.6. The summed E-state index contributed by atoms with van der Waals surface area (Å²) in [6.45, 7) is 4.38. The molecule has 0 bridgehead atoms. The molecule has 5 heteroatoms. The van der Waals surface area contributed by atoms with Gasteiger partial charge in [0.15, 0.2) is 0 Å². The molecule has 0 heterocycles. The minimum absolute atomic E-state index is 0. The minimum atomic E-state index is 0. The van der Waals surface area contributed by atoms with Crippen LogP contribution in [0.4, 0.5) is 0 Å². The Morgan fingerprint density at radius 1 is 1.11 bits per heavy atom. The van der Waals surface area contributed by atoms with Crippen LogP contribution in [0.5, 0.6) is 0 Å². The van der Waals surface area contributed by atoms with E-state index in [0.29, 0.717) is 0 Å². The molecule has 18 heavy (non-hydrogen) atoms. The Morgan fingerprint density at radius 3 is 2.33 bits per heavy atom. The summed E-state index contributed by atoms with van der Waals surface area (Å²) < 4.78 is 0. The second kappa shape index (κ2) is 11.3. The zero-order valence-electron chi connectivity index (χ0n) is 10.3. The second-order valence-corrected chi connectivity index (χ2v) is 4.90. The first-order valence-corrected chi connectivity index (χ1v) is 5.88. The van der Waals surface area contributed by atoms with Gasteiger partial charge in [-0.2, -0.15) is 6.08 Å². The van der Waals surface area contributed by atoms with Crippen LogP contribution in [0.15, 0.2) is 35.5 Å². The average Bonchev–Trinajstić information content (AvgIpc) is 2.66. The maximum atomic E-state index is 3.37. The number of hydrogen-bond acceptors (Lipinski definition) is 0. The number of benzene rings is 1. The van der Waals surface area contributed by atoms with Gasteiger partial charge in [0.05, 0.1) is 9.52 Å². The van der Waals surface area contributed by atoms with E-state index in [1.54, 1.807) is 0 Å². The summed E-state index contributed by atoms with van der Waals surface area (Å²) in [5, 5.41) is 2.82. The van der Waals surface area contributed by atoms with Gasteiger partial charge in [0.1, 0.15) is 0 Å². The van der Waals surface area contributed by atoms with Gasteiger partial charge >= 0.3 is 0 Å². The van der Waals surface area contributed by atoms with Gasteiger partial charge in [-0.15, -0.1) is 43.6 Å². The van der Waals surface area contributed by atoms with Crippen molar-refractivity contribution < 1.29 is 21.7 Å². The Morgan fingerprint density at radius 2 is 1.78 bits per heavy atom. The van der Waals surface area contributed by atoms with Crippen molar-refractivity contribution >= 4 is 51.9 Å². The Labute approximate surface area is 146 Å². The number of halogens is 3. The number of hydrogen-bond donors (Lipinski definition) is 0. The fraction of sp³-hybridized carbons (Fsp3) is 0.231. The average molecular weight is 355 g/mol. The Balaban J connectivity index is -0.000000562. The van der Waals surface area contributed by atoms with Crippen LogP contribution in [0.2, 0.25) is 0 Å². The van der Waals surface area contributed by atoms with E-state index in [4.69, 9.17) is 0 Å². The van der Waals surface area contributed by atoms with Crippen molar-refractivity contribution in [3.8, 4) is 0 Å². The predicted octanol–water partition coefficient (Wildman–Crippen LogP) is 3.54. The van der Waals surface area contributed by atoms with Gasteiger partial charge in [-0.05, 0) is 25.0 Å². The second-order valence-electron chi connectivity index (χ2n) is 3.57. The third-order valence-corrected chi connectivity index (χ3v) is 3.99. The molecule has 0 aromatic heterocycles. The van der Waals surface area contributed by atoms with E-state index in [1.807, 2.05) is 0 Å². The van der Waals surface area contributed by atoms with Crippen molar-refractivity contribution in [1.82, 2.24) is 0 Å². The van der Waals surface area contributed by atoms with E-state index in [9.17, 15) is 0 Å². The van der Waals surface area contributed by atoms with Gasteiger partial charge in [0.2, 0.25) is 0 Å². The van der Waals surface area contributed by atoms with Crippen molar-refractivity contribution in [3.63, 3.8) is 0 Å². The first-order chi connectivity index (χ1) is 6.77. The topological polar surface area (TPSA) is 0 Å². The number of rotatable bonds is 2. The van der Waals surface area contributed by atoms with E-state index >= 15 is 0 Å². The van der Waals surface area contributed by atoms with Crippen LogP contribution in [-0.2, 0) is 21.7 Å². The maximum absolute atomic E-state index is 3.37. The van der Waals surface area contributed by atoms with Crippen molar-refractivity contribution in [3.05, 3.63) is 52.8 Å². The van der Waals surface area contributed by atoms with Crippen LogP contribution in [0.3, 0.4) is 0 Å². The van der Waals surface area contributed by atoms with Gasteiger partial charge in [-0.25, -0.2) is 11.3 Å². The van der Waals surface area contributed by atoms with Gasteiger partial charge < -0.3 is 0 Å². The summed E-state index contributed by atoms with van der Waals surface area (Å²) in [6.07, 6.45) is 8.73. The fourth-order valence-corrected chi connectivity index (χ4v) is 2.77. The van der Waals surface area contributed by atoms with Crippen molar-refractivity contribution in [2.75, 3.05) is 0 Å². The molecule has 2 radical (unpaired) electrons. The Kier molecular flexibility index (Phi) is 14.9. The fourth-order valence-electron chi connectivity index (χ4n) is 1.52. The molecular formula is C13H16Cl3SiTi-. The standard InChI is InChI=1S/C13H13Si.3ClH.Ti/c1-10-6-5-9-13(11(10)2)14-12-7-3-4-8-12;;;;/h3,5-7,9H,4H2,1-2H3;3*1H;/q-1;;;;. The number of aryl methyl sites for hydroxylation is 1. The van der Waals surface area contributed by atoms with E-state index in [2.05, 4.69) is 50.3 Å². The Hall–Kier alpha value is 0.501. The number of allylic oxidation sites excluding steroid dienone is 4. The van der Waals surface area contributed by atoms with Gasteiger partial charge in [0.25, 0.3) is 0 Å². The normalized spacial score (nSPS) is 11.3. The monoisotopic (exact) mass is 353 g/mol. The molecule has 1 aromatic rings. The molecule has 0 N–H and O–H groups in total. The van der Waals surface area contributed by atoms with E-state index in [0.717, 1.165) is 15.9 Å². The minimum Gasteiger partial charge on any atom is -0.274 e. The molecule has 0 fully saturated rings. The molecule has 2 rings (SSSR count). The molecule has 0 unspecified atom stereocenters. The summed E-state index contributed by atoms with van der Waals surface area (Å²) in [4.78, 5) is 0. The molecule has 0 amide bonds. The molecule has 1 aromatic carbocycles. The smallest absolute Gasteiger partial charge is 0.0796 e. The molecule has 0 atom stereocenters. The quantitative estimate of drug-likeness (QED) is 0.563. The van der Waals surface area contributed by atoms with Gasteiger partial charge in [-0.3, -0.25) is 6.08 Å². The molecule has 0 spiro atoms. The molecule has 98 valence electrons. The van der Waals surface area contributed by atoms with Crippen molar-refractivity contribution in [2.24, 2.45) is 0 Å². The van der Waals surface area contributed by atoms with E-state index in [-0.39, 0.29) is 58.9 Å². The summed E-state index contributed by atoms with van der Waals surface area (Å²) in [5.74, 6) is 0. The molecule has 1 aliphatic carbocycles. The molecule has 0 saturated carbocycles. The van der Waals surface area contributed by atoms with Crippen LogP contribution in [0, 0.1) is 19.9 Å². The van der Waals surface area contributed by atoms with Gasteiger partial charge in [0, 0.05) is 21.7 Å². The summed E-state index contributed by atoms with van der Waals surface area (Å²) in [6, 6.07) is 6.54. The zero-order valence-corrected chi connectivity index (χ0v) is 15.3. The largest absolute Gasteiger partial charge is 0.274 e. The van der Waals surface area contributed by atoms with Crippen LogP contribution in [-0.4, -0.2) is 9.52 Å². The third-order valence-electron chi connectivity index (χ3n) is 2.57. The molecular weight excluding hydrogens is 338 g/mol. The SMILES string of the molecule is Cc1cccc([Si]C2=[C-]CC=C2)c1C.Cl.Cl.Cl.[Ti]. The Bertz CT molecular complexity index is 417. The van der Waals surface area contributed by atoms with Crippen LogP contribution in [0.25, 0.3) is 0 Å². The summed E-state index contributed by atoms with van der Waals surface area (Å²) in [7, 11) is 0.772. The zero-order chi connectivity index (χ0) is 9.97. The summed E-state index contributed by atoms with van der Waals surface area (Å²) >= 11 is 0. The molecule has 0 nitrogen and oxygen atoms in total. The summed E-state index contributed by atoms with van der Waals surface area (Å²) in [5.41, 5.74) is 2.82. The first-order valence-electron chi connectivity index (χ1n) is 4.88. The van der Waals surface area contributed by atoms with E-state index < -0.39 is 0 Å². The third kappa shape index (κ3) is 6.10. The molecule has 0 aliphatic heterocycles. The maximum Gasteiger partial charge on any atom is 0.0796 e. The van der Waals surface area contributed by atoms with Crippen molar-refractivity contribution in [2.45, 2.75) is 20.3 Å². The van der Waals surface area contributed by atoms with Crippen molar-refractivity contribution in [1.29, 1.82) is 0 Å². The molecule has 0 saturated heterocycles. The van der Waals surface area contributed by atoms with Gasteiger partial charge in [-0.1, -0.05) is 23.4 Å². The van der Waals surface area contributed by atoms with E-state index in [1.165, 1.54) is 21.5 Å². The predicted molar refractivity (Wildman–Crippen MR) is 83.6 cm³/mol. The van der Waals surface area contributed by atoms with Crippen LogP contribution in [0.1, 0.15) is 17.5 Å².